The second-order valence-electron chi connectivity index (χ2n) is 5.36. The number of rotatable bonds is 4. The lowest BCUT2D eigenvalue weighted by Gasteiger charge is -2.31. The van der Waals surface area contributed by atoms with Crippen molar-refractivity contribution in [1.82, 2.24) is 4.90 Å². The highest BCUT2D eigenvalue weighted by molar-refractivity contribution is 5.95. The summed E-state index contributed by atoms with van der Waals surface area (Å²) in [6.07, 6.45) is 2.03. The molecule has 1 heterocycles. The molecule has 1 aliphatic rings. The Labute approximate surface area is 120 Å². The number of benzene rings is 1. The van der Waals surface area contributed by atoms with Crippen LogP contribution in [-0.2, 0) is 4.74 Å². The normalized spacial score (nSPS) is 16.2. The van der Waals surface area contributed by atoms with E-state index in [1.54, 1.807) is 7.11 Å². The number of nitrogens with zero attached hydrogens (tertiary/aromatic N) is 1. The van der Waals surface area contributed by atoms with Gasteiger partial charge in [-0.25, -0.2) is 0 Å². The van der Waals surface area contributed by atoms with Crippen LogP contribution in [0.2, 0.25) is 0 Å². The number of amides is 1. The van der Waals surface area contributed by atoms with Gasteiger partial charge in [0.1, 0.15) is 0 Å². The van der Waals surface area contributed by atoms with Gasteiger partial charge in [0, 0.05) is 32.4 Å². The molecule has 1 aliphatic heterocycles. The van der Waals surface area contributed by atoms with E-state index in [1.807, 2.05) is 30.0 Å². The van der Waals surface area contributed by atoms with Crippen LogP contribution in [0.4, 0.5) is 5.69 Å². The number of carbonyl (C=O) groups is 1. The van der Waals surface area contributed by atoms with E-state index in [1.165, 1.54) is 0 Å². The summed E-state index contributed by atoms with van der Waals surface area (Å²) in [4.78, 5) is 14.4. The van der Waals surface area contributed by atoms with Gasteiger partial charge in [0.05, 0.1) is 5.69 Å². The molecule has 0 saturated carbocycles. The molecule has 0 radical (unpaired) electrons. The summed E-state index contributed by atoms with van der Waals surface area (Å²) in [6, 6.07) is 5.56. The molecule has 110 valence electrons. The van der Waals surface area contributed by atoms with E-state index in [0.717, 1.165) is 49.4 Å². The van der Waals surface area contributed by atoms with E-state index in [0.29, 0.717) is 5.92 Å². The van der Waals surface area contributed by atoms with Crippen LogP contribution in [0, 0.1) is 12.8 Å². The van der Waals surface area contributed by atoms with Crippen LogP contribution >= 0.6 is 0 Å². The van der Waals surface area contributed by atoms with Crippen molar-refractivity contribution in [3.8, 4) is 0 Å². The van der Waals surface area contributed by atoms with Crippen LogP contribution < -0.4 is 11.3 Å². The number of hydrogen-bond donors (Lipinski definition) is 2. The van der Waals surface area contributed by atoms with Gasteiger partial charge in [-0.1, -0.05) is 0 Å². The molecule has 1 amide bonds. The summed E-state index contributed by atoms with van der Waals surface area (Å²) in [7, 11) is 1.73. The highest BCUT2D eigenvalue weighted by Gasteiger charge is 2.23. The number of piperidine rings is 1. The van der Waals surface area contributed by atoms with Crippen LogP contribution in [0.1, 0.15) is 28.8 Å². The number of ether oxygens (including phenoxy) is 1. The van der Waals surface area contributed by atoms with Crippen LogP contribution in [0.15, 0.2) is 18.2 Å². The Balaban J connectivity index is 2.00. The van der Waals surface area contributed by atoms with Crippen molar-refractivity contribution >= 4 is 11.6 Å². The first kappa shape index (κ1) is 14.8. The molecule has 20 heavy (non-hydrogen) atoms. The Morgan fingerprint density at radius 2 is 2.15 bits per heavy atom. The van der Waals surface area contributed by atoms with E-state index in [4.69, 9.17) is 10.6 Å². The van der Waals surface area contributed by atoms with Crippen LogP contribution in [0.25, 0.3) is 0 Å². The van der Waals surface area contributed by atoms with Crippen LogP contribution in [-0.4, -0.2) is 37.6 Å². The maximum Gasteiger partial charge on any atom is 0.253 e. The molecule has 0 bridgehead atoms. The average Bonchev–Trinajstić information content (AvgIpc) is 2.47. The smallest absolute Gasteiger partial charge is 0.253 e. The molecule has 1 fully saturated rings. The molecule has 0 unspecified atom stereocenters. The lowest BCUT2D eigenvalue weighted by Crippen LogP contribution is -2.39. The molecule has 1 aromatic carbocycles. The summed E-state index contributed by atoms with van der Waals surface area (Å²) in [5, 5.41) is 0. The van der Waals surface area contributed by atoms with Crippen molar-refractivity contribution in [3.05, 3.63) is 29.3 Å². The molecule has 2 rings (SSSR count). The Bertz CT molecular complexity index is 468. The Morgan fingerprint density at radius 3 is 2.70 bits per heavy atom. The molecule has 0 aromatic heterocycles. The number of methoxy groups -OCH3 is 1. The zero-order valence-electron chi connectivity index (χ0n) is 12.2. The molecule has 0 aliphatic carbocycles. The average molecular weight is 277 g/mol. The van der Waals surface area contributed by atoms with Crippen LogP contribution in [0.3, 0.4) is 0 Å². The van der Waals surface area contributed by atoms with E-state index < -0.39 is 0 Å². The number of likely N-dealkylation sites (tertiary alicyclic amines) is 1. The highest BCUT2D eigenvalue weighted by Crippen LogP contribution is 2.21. The number of nitrogen functional groups attached to an aromatic ring is 1. The quantitative estimate of drug-likeness (QED) is 0.650. The van der Waals surface area contributed by atoms with E-state index in [-0.39, 0.29) is 5.91 Å². The summed E-state index contributed by atoms with van der Waals surface area (Å²) >= 11 is 0. The number of anilines is 1. The molecule has 0 atom stereocenters. The molecule has 5 nitrogen and oxygen atoms in total. The van der Waals surface area contributed by atoms with Gasteiger partial charge >= 0.3 is 0 Å². The fraction of sp³-hybridized carbons (Fsp3) is 0.533. The number of carbonyl (C=O) groups excluding carboxylic acids is 1. The Morgan fingerprint density at radius 1 is 1.45 bits per heavy atom. The molecule has 5 heteroatoms. The number of aryl methyl sites for hydroxylation is 1. The van der Waals surface area contributed by atoms with Gasteiger partial charge in [-0.15, -0.1) is 0 Å². The zero-order chi connectivity index (χ0) is 14.5. The van der Waals surface area contributed by atoms with Gasteiger partial charge in [0.15, 0.2) is 0 Å². The second kappa shape index (κ2) is 6.72. The van der Waals surface area contributed by atoms with Gasteiger partial charge in [0.25, 0.3) is 5.91 Å². The minimum Gasteiger partial charge on any atom is -0.384 e. The number of hydrazine groups is 1. The standard InChI is InChI=1S/C15H23N3O2/c1-11-9-13(3-4-14(11)17-16)15(19)18-7-5-12(6-8-18)10-20-2/h3-4,9,12,17H,5-8,10,16H2,1-2H3. The van der Waals surface area contributed by atoms with Crippen molar-refractivity contribution in [2.75, 3.05) is 32.2 Å². The highest BCUT2D eigenvalue weighted by atomic mass is 16.5. The van der Waals surface area contributed by atoms with E-state index in [9.17, 15) is 4.79 Å². The number of nitrogens with two attached hydrogens (primary N) is 1. The molecule has 1 aromatic rings. The van der Waals surface area contributed by atoms with E-state index in [2.05, 4.69) is 5.43 Å². The van der Waals surface area contributed by atoms with Crippen molar-refractivity contribution in [2.45, 2.75) is 19.8 Å². The molecule has 1 saturated heterocycles. The topological polar surface area (TPSA) is 67.6 Å². The maximum absolute atomic E-state index is 12.5. The van der Waals surface area contributed by atoms with Crippen LogP contribution in [0.5, 0.6) is 0 Å². The van der Waals surface area contributed by atoms with Crippen molar-refractivity contribution in [2.24, 2.45) is 11.8 Å². The predicted molar refractivity (Wildman–Crippen MR) is 79.5 cm³/mol. The monoisotopic (exact) mass is 277 g/mol. The third kappa shape index (κ3) is 3.29. The van der Waals surface area contributed by atoms with Gasteiger partial charge in [-0.2, -0.15) is 0 Å². The second-order valence-corrected chi connectivity index (χ2v) is 5.36. The third-order valence-electron chi connectivity index (χ3n) is 3.93. The van der Waals surface area contributed by atoms with Crippen molar-refractivity contribution in [3.63, 3.8) is 0 Å². The fourth-order valence-corrected chi connectivity index (χ4v) is 2.68. The Hall–Kier alpha value is -1.59. The lowest BCUT2D eigenvalue weighted by atomic mass is 9.97. The largest absolute Gasteiger partial charge is 0.384 e. The number of nitrogens with one attached hydrogen (secondary N) is 1. The lowest BCUT2D eigenvalue weighted by molar-refractivity contribution is 0.0613. The molecule has 3 N–H and O–H groups in total. The first-order chi connectivity index (χ1) is 9.65. The molecular formula is C15H23N3O2. The predicted octanol–water partition coefficient (Wildman–Crippen LogP) is 1.78. The van der Waals surface area contributed by atoms with Gasteiger partial charge < -0.3 is 15.1 Å². The van der Waals surface area contributed by atoms with E-state index >= 15 is 0 Å². The first-order valence-electron chi connectivity index (χ1n) is 7.01. The number of hydrogen-bond acceptors (Lipinski definition) is 4. The molecular weight excluding hydrogens is 254 g/mol. The minimum atomic E-state index is 0.104. The minimum absolute atomic E-state index is 0.104. The summed E-state index contributed by atoms with van der Waals surface area (Å²) in [5.41, 5.74) is 5.18. The van der Waals surface area contributed by atoms with Crippen molar-refractivity contribution in [1.29, 1.82) is 0 Å². The zero-order valence-corrected chi connectivity index (χ0v) is 12.2. The third-order valence-corrected chi connectivity index (χ3v) is 3.93. The summed E-state index contributed by atoms with van der Waals surface area (Å²) < 4.78 is 5.18. The fourth-order valence-electron chi connectivity index (χ4n) is 2.68. The maximum atomic E-state index is 12.5. The summed E-state index contributed by atoms with van der Waals surface area (Å²) in [5.74, 6) is 6.09. The SMILES string of the molecule is COCC1CCN(C(=O)c2ccc(NN)c(C)c2)CC1. The first-order valence-corrected chi connectivity index (χ1v) is 7.01. The van der Waals surface area contributed by atoms with Gasteiger partial charge in [0.2, 0.25) is 0 Å². The van der Waals surface area contributed by atoms with Crippen molar-refractivity contribution < 1.29 is 9.53 Å². The summed E-state index contributed by atoms with van der Waals surface area (Å²) in [6.45, 7) is 4.35. The Kier molecular flexibility index (Phi) is 4.98. The van der Waals surface area contributed by atoms with Gasteiger partial charge in [-0.05, 0) is 49.4 Å². The van der Waals surface area contributed by atoms with Gasteiger partial charge in [-0.3, -0.25) is 10.6 Å². The molecule has 0 spiro atoms.